The van der Waals surface area contributed by atoms with E-state index in [0.717, 1.165) is 16.7 Å². The highest BCUT2D eigenvalue weighted by Crippen LogP contribution is 2.32. The predicted octanol–water partition coefficient (Wildman–Crippen LogP) is 5.61. The molecule has 162 valence electrons. The van der Waals surface area contributed by atoms with Gasteiger partial charge in [-0.3, -0.25) is 9.59 Å². The number of nitrogens with one attached hydrogen (secondary N) is 2. The summed E-state index contributed by atoms with van der Waals surface area (Å²) in [5, 5.41) is 6.67. The zero-order valence-electron chi connectivity index (χ0n) is 18.7. The molecule has 0 saturated carbocycles. The Hall–Kier alpha value is -3.86. The van der Waals surface area contributed by atoms with Crippen molar-refractivity contribution in [2.24, 2.45) is 0 Å². The lowest BCUT2D eigenvalue weighted by Crippen LogP contribution is -2.20. The lowest BCUT2D eigenvalue weighted by atomic mass is 9.98. The van der Waals surface area contributed by atoms with Crippen molar-refractivity contribution in [1.82, 2.24) is 5.32 Å². The lowest BCUT2D eigenvalue weighted by Gasteiger charge is -2.20. The van der Waals surface area contributed by atoms with Gasteiger partial charge < -0.3 is 15.1 Å². The summed E-state index contributed by atoms with van der Waals surface area (Å²) in [6.07, 6.45) is 0. The third-order valence-electron chi connectivity index (χ3n) is 5.67. The van der Waals surface area contributed by atoms with Crippen LogP contribution in [0.25, 0.3) is 22.3 Å². The Balaban J connectivity index is 1.87. The molecule has 0 saturated heterocycles. The molecule has 2 N–H and O–H groups in total. The SMILES string of the molecule is CNC(=O)c1ccccc1N[C@H](C)c1cc(C)cc2c(=O)c(C)c(-c3ccccc3)oc12. The Morgan fingerprint density at radius 1 is 0.969 bits per heavy atom. The van der Waals surface area contributed by atoms with Gasteiger partial charge in [0.1, 0.15) is 11.3 Å². The number of carbonyl (C=O) groups excluding carboxylic acids is 1. The van der Waals surface area contributed by atoms with Crippen LogP contribution in [0.4, 0.5) is 5.69 Å². The van der Waals surface area contributed by atoms with Crippen molar-refractivity contribution in [2.75, 3.05) is 12.4 Å². The molecule has 4 aromatic rings. The molecule has 1 heterocycles. The summed E-state index contributed by atoms with van der Waals surface area (Å²) in [4.78, 5) is 25.5. The maximum Gasteiger partial charge on any atom is 0.253 e. The number of benzene rings is 3. The highest BCUT2D eigenvalue weighted by atomic mass is 16.3. The Morgan fingerprint density at radius 3 is 2.38 bits per heavy atom. The van der Waals surface area contributed by atoms with Crippen molar-refractivity contribution < 1.29 is 9.21 Å². The normalized spacial score (nSPS) is 11.9. The van der Waals surface area contributed by atoms with Crippen LogP contribution in [-0.4, -0.2) is 13.0 Å². The zero-order chi connectivity index (χ0) is 22.8. The fraction of sp³-hybridized carbons (Fsp3) is 0.185. The molecule has 1 atom stereocenters. The zero-order valence-corrected chi connectivity index (χ0v) is 18.7. The summed E-state index contributed by atoms with van der Waals surface area (Å²) < 4.78 is 6.38. The number of hydrogen-bond donors (Lipinski definition) is 2. The largest absolute Gasteiger partial charge is 0.455 e. The van der Waals surface area contributed by atoms with Crippen LogP contribution < -0.4 is 16.1 Å². The summed E-state index contributed by atoms with van der Waals surface area (Å²) in [5.41, 5.74) is 5.08. The van der Waals surface area contributed by atoms with Gasteiger partial charge in [0.15, 0.2) is 5.43 Å². The molecule has 0 fully saturated rings. The van der Waals surface area contributed by atoms with E-state index in [2.05, 4.69) is 10.6 Å². The fourth-order valence-electron chi connectivity index (χ4n) is 4.01. The molecule has 0 aliphatic rings. The van der Waals surface area contributed by atoms with Gasteiger partial charge >= 0.3 is 0 Å². The van der Waals surface area contributed by atoms with E-state index in [1.807, 2.05) is 74.5 Å². The van der Waals surface area contributed by atoms with E-state index in [4.69, 9.17) is 4.42 Å². The van der Waals surface area contributed by atoms with Gasteiger partial charge in [-0.05, 0) is 44.5 Å². The molecule has 3 aromatic carbocycles. The van der Waals surface area contributed by atoms with Gasteiger partial charge in [0.05, 0.1) is 17.0 Å². The average molecular weight is 427 g/mol. The van der Waals surface area contributed by atoms with Crippen molar-refractivity contribution in [3.05, 3.63) is 99.2 Å². The number of anilines is 1. The maximum absolute atomic E-state index is 13.3. The minimum atomic E-state index is -0.210. The van der Waals surface area contributed by atoms with Gasteiger partial charge in [0.25, 0.3) is 5.91 Å². The second-order valence-electron chi connectivity index (χ2n) is 7.97. The summed E-state index contributed by atoms with van der Waals surface area (Å²) in [5.74, 6) is 0.411. The number of hydrogen-bond acceptors (Lipinski definition) is 4. The van der Waals surface area contributed by atoms with Crippen LogP contribution >= 0.6 is 0 Å². The van der Waals surface area contributed by atoms with Crippen LogP contribution in [0.2, 0.25) is 0 Å². The predicted molar refractivity (Wildman–Crippen MR) is 129 cm³/mol. The fourth-order valence-corrected chi connectivity index (χ4v) is 4.01. The van der Waals surface area contributed by atoms with Gasteiger partial charge in [0, 0.05) is 29.4 Å². The van der Waals surface area contributed by atoms with E-state index in [-0.39, 0.29) is 17.4 Å². The first-order chi connectivity index (χ1) is 15.4. The third-order valence-corrected chi connectivity index (χ3v) is 5.67. The van der Waals surface area contributed by atoms with Crippen molar-refractivity contribution in [1.29, 1.82) is 0 Å². The Kier molecular flexibility index (Phi) is 5.82. The highest BCUT2D eigenvalue weighted by Gasteiger charge is 2.20. The van der Waals surface area contributed by atoms with E-state index < -0.39 is 0 Å². The Labute approximate surface area is 187 Å². The van der Waals surface area contributed by atoms with E-state index in [9.17, 15) is 9.59 Å². The summed E-state index contributed by atoms with van der Waals surface area (Å²) in [6, 6.07) is 20.7. The first kappa shape index (κ1) is 21.4. The Bertz CT molecular complexity index is 1360. The Morgan fingerprint density at radius 2 is 1.66 bits per heavy atom. The molecular weight excluding hydrogens is 400 g/mol. The number of amides is 1. The van der Waals surface area contributed by atoms with Gasteiger partial charge in [-0.25, -0.2) is 0 Å². The number of aryl methyl sites for hydroxylation is 1. The molecular formula is C27H26N2O3. The molecule has 0 aliphatic heterocycles. The van der Waals surface area contributed by atoms with Crippen molar-refractivity contribution >= 4 is 22.6 Å². The van der Waals surface area contributed by atoms with Gasteiger partial charge in [-0.2, -0.15) is 0 Å². The van der Waals surface area contributed by atoms with Gasteiger partial charge in [0.2, 0.25) is 0 Å². The van der Waals surface area contributed by atoms with E-state index in [1.54, 1.807) is 20.0 Å². The van der Waals surface area contributed by atoms with Crippen LogP contribution in [0.5, 0.6) is 0 Å². The van der Waals surface area contributed by atoms with E-state index in [0.29, 0.717) is 33.5 Å². The topological polar surface area (TPSA) is 71.3 Å². The summed E-state index contributed by atoms with van der Waals surface area (Å²) >= 11 is 0. The summed E-state index contributed by atoms with van der Waals surface area (Å²) in [6.45, 7) is 5.77. The van der Waals surface area contributed by atoms with Crippen LogP contribution in [0.15, 0.2) is 75.9 Å². The number of rotatable bonds is 5. The standard InChI is InChI=1S/C27H26N2O3/c1-16-14-21(18(3)29-23-13-9-8-12-20(23)27(31)28-4)26-22(15-16)24(30)17(2)25(32-26)19-10-6-5-7-11-19/h5-15,18,29H,1-4H3,(H,28,31)/t18-/m1/s1. The molecule has 5 heteroatoms. The number of para-hydroxylation sites is 1. The van der Waals surface area contributed by atoms with Crippen LogP contribution in [0.1, 0.15) is 40.0 Å². The highest BCUT2D eigenvalue weighted by molar-refractivity contribution is 5.99. The summed E-state index contributed by atoms with van der Waals surface area (Å²) in [7, 11) is 1.61. The van der Waals surface area contributed by atoms with Crippen LogP contribution in [0.3, 0.4) is 0 Å². The van der Waals surface area contributed by atoms with Crippen molar-refractivity contribution in [3.63, 3.8) is 0 Å². The molecule has 32 heavy (non-hydrogen) atoms. The second kappa shape index (κ2) is 8.71. The molecule has 0 spiro atoms. The monoisotopic (exact) mass is 426 g/mol. The van der Waals surface area contributed by atoms with Crippen molar-refractivity contribution in [3.8, 4) is 11.3 Å². The van der Waals surface area contributed by atoms with Crippen molar-refractivity contribution in [2.45, 2.75) is 26.8 Å². The van der Waals surface area contributed by atoms with Gasteiger partial charge in [-0.1, -0.05) is 48.5 Å². The molecule has 1 aromatic heterocycles. The number of fused-ring (bicyclic) bond motifs is 1. The average Bonchev–Trinajstić information content (AvgIpc) is 2.81. The molecule has 0 aliphatic carbocycles. The van der Waals surface area contributed by atoms with E-state index in [1.165, 1.54) is 0 Å². The lowest BCUT2D eigenvalue weighted by molar-refractivity contribution is 0.0964. The quantitative estimate of drug-likeness (QED) is 0.435. The third kappa shape index (κ3) is 3.89. The minimum Gasteiger partial charge on any atom is -0.455 e. The molecule has 5 nitrogen and oxygen atoms in total. The molecule has 4 rings (SSSR count). The number of carbonyl (C=O) groups is 1. The van der Waals surface area contributed by atoms with E-state index >= 15 is 0 Å². The second-order valence-corrected chi connectivity index (χ2v) is 7.97. The maximum atomic E-state index is 13.3. The first-order valence-electron chi connectivity index (χ1n) is 10.6. The molecule has 0 bridgehead atoms. The molecule has 0 unspecified atom stereocenters. The smallest absolute Gasteiger partial charge is 0.253 e. The minimum absolute atomic E-state index is 0.0342. The first-order valence-corrected chi connectivity index (χ1v) is 10.6. The van der Waals surface area contributed by atoms with Gasteiger partial charge in [-0.15, -0.1) is 0 Å². The molecule has 1 amide bonds. The van der Waals surface area contributed by atoms with Crippen LogP contribution in [-0.2, 0) is 0 Å². The van der Waals surface area contributed by atoms with Crippen LogP contribution in [0, 0.1) is 13.8 Å². The molecule has 0 radical (unpaired) electrons.